The van der Waals surface area contributed by atoms with Crippen LogP contribution in [0.3, 0.4) is 0 Å². The van der Waals surface area contributed by atoms with Crippen LogP contribution in [0, 0.1) is 10.1 Å². The second kappa shape index (κ2) is 10.5. The Morgan fingerprint density at radius 3 is 2.48 bits per heavy atom. The molecule has 0 heterocycles. The molecule has 1 saturated carbocycles. The summed E-state index contributed by atoms with van der Waals surface area (Å²) in [5.74, 6) is -1.37. The zero-order valence-corrected chi connectivity index (χ0v) is 18.6. The Morgan fingerprint density at radius 2 is 1.90 bits per heavy atom. The summed E-state index contributed by atoms with van der Waals surface area (Å²) in [6, 6.07) is 3.49. The normalized spacial score (nSPS) is 15.7. The number of nitrogens with one attached hydrogen (secondary N) is 2. The fourth-order valence-electron chi connectivity index (χ4n) is 3.29. The van der Waals surface area contributed by atoms with Crippen LogP contribution in [0.25, 0.3) is 0 Å². The number of sulfonamides is 1. The molecule has 0 radical (unpaired) electrons. The Balaban J connectivity index is 1.95. The van der Waals surface area contributed by atoms with Crippen molar-refractivity contribution in [2.75, 3.05) is 25.5 Å². The topological polar surface area (TPSA) is 148 Å². The van der Waals surface area contributed by atoms with Gasteiger partial charge < -0.3 is 15.0 Å². The molecular formula is C19H28N4O7S. The van der Waals surface area contributed by atoms with E-state index in [0.717, 1.165) is 38.2 Å². The van der Waals surface area contributed by atoms with E-state index in [-0.39, 0.29) is 22.3 Å². The smallest absolute Gasteiger partial charge is 0.321 e. The van der Waals surface area contributed by atoms with Gasteiger partial charge in [0.2, 0.25) is 10.0 Å². The molecule has 1 fully saturated rings. The molecule has 0 saturated heterocycles. The van der Waals surface area contributed by atoms with Crippen molar-refractivity contribution in [3.63, 3.8) is 0 Å². The predicted octanol–water partition coefficient (Wildman–Crippen LogP) is 1.32. The lowest BCUT2D eigenvalue weighted by atomic mass is 9.95. The standard InChI is InChI=1S/C19H28N4O7S/c1-13(19(25)21-14-7-5-4-6-8-14)30-18(24)12-20-31(28,29)15-9-10-16(22(2)3)17(11-15)23(26)27/h9-11,13-14,20H,4-8,12H2,1-3H3,(H,21,25). The minimum atomic E-state index is -4.21. The molecule has 11 nitrogen and oxygen atoms in total. The molecule has 172 valence electrons. The summed E-state index contributed by atoms with van der Waals surface area (Å²) < 4.78 is 31.9. The summed E-state index contributed by atoms with van der Waals surface area (Å²) in [6.07, 6.45) is 3.90. The first kappa shape index (κ1) is 24.5. The Bertz CT molecular complexity index is 927. The highest BCUT2D eigenvalue weighted by Gasteiger charge is 2.25. The van der Waals surface area contributed by atoms with Crippen molar-refractivity contribution in [1.29, 1.82) is 0 Å². The van der Waals surface area contributed by atoms with Crippen molar-refractivity contribution < 1.29 is 27.7 Å². The van der Waals surface area contributed by atoms with E-state index in [1.807, 2.05) is 4.72 Å². The quantitative estimate of drug-likeness (QED) is 0.321. The van der Waals surface area contributed by atoms with Crippen LogP contribution in [0.4, 0.5) is 11.4 Å². The van der Waals surface area contributed by atoms with Gasteiger partial charge in [-0.15, -0.1) is 0 Å². The summed E-state index contributed by atoms with van der Waals surface area (Å²) in [6.45, 7) is 0.695. The minimum absolute atomic E-state index is 0.0573. The van der Waals surface area contributed by atoms with Gasteiger partial charge >= 0.3 is 5.97 Å². The number of nitro groups is 1. The number of nitrogens with zero attached hydrogens (tertiary/aromatic N) is 2. The summed E-state index contributed by atoms with van der Waals surface area (Å²) in [4.78, 5) is 35.9. The first-order valence-electron chi connectivity index (χ1n) is 9.96. The molecule has 1 amide bonds. The molecule has 0 bridgehead atoms. The van der Waals surface area contributed by atoms with Crippen LogP contribution in [0.5, 0.6) is 0 Å². The van der Waals surface area contributed by atoms with Crippen LogP contribution in [0.1, 0.15) is 39.0 Å². The van der Waals surface area contributed by atoms with Crippen molar-refractivity contribution in [2.45, 2.75) is 56.1 Å². The van der Waals surface area contributed by atoms with Crippen molar-refractivity contribution in [1.82, 2.24) is 10.0 Å². The van der Waals surface area contributed by atoms with Gasteiger partial charge in [-0.2, -0.15) is 4.72 Å². The number of rotatable bonds is 9. The largest absolute Gasteiger partial charge is 0.452 e. The average Bonchev–Trinajstić information content (AvgIpc) is 2.72. The molecular weight excluding hydrogens is 428 g/mol. The van der Waals surface area contributed by atoms with Gasteiger partial charge in [0.05, 0.1) is 9.82 Å². The number of amides is 1. The maximum absolute atomic E-state index is 12.4. The Hall–Kier alpha value is -2.73. The van der Waals surface area contributed by atoms with Gasteiger partial charge in [-0.3, -0.25) is 19.7 Å². The molecule has 1 unspecified atom stereocenters. The van der Waals surface area contributed by atoms with E-state index in [4.69, 9.17) is 4.74 Å². The van der Waals surface area contributed by atoms with Gasteiger partial charge in [0.1, 0.15) is 12.2 Å². The maximum Gasteiger partial charge on any atom is 0.321 e. The second-order valence-corrected chi connectivity index (χ2v) is 9.37. The minimum Gasteiger partial charge on any atom is -0.452 e. The van der Waals surface area contributed by atoms with Crippen LogP contribution in [-0.2, 0) is 24.3 Å². The number of ether oxygens (including phenoxy) is 1. The molecule has 2 rings (SSSR count). The van der Waals surface area contributed by atoms with Crippen molar-refractivity contribution >= 4 is 33.3 Å². The third-order valence-electron chi connectivity index (χ3n) is 4.97. The molecule has 31 heavy (non-hydrogen) atoms. The summed E-state index contributed by atoms with van der Waals surface area (Å²) >= 11 is 0. The molecule has 2 N–H and O–H groups in total. The number of benzene rings is 1. The van der Waals surface area contributed by atoms with Gasteiger partial charge in [-0.25, -0.2) is 8.42 Å². The van der Waals surface area contributed by atoms with Crippen LogP contribution in [-0.4, -0.2) is 58.0 Å². The van der Waals surface area contributed by atoms with E-state index in [1.54, 1.807) is 14.1 Å². The number of anilines is 1. The molecule has 0 spiro atoms. The van der Waals surface area contributed by atoms with Gasteiger partial charge in [-0.1, -0.05) is 19.3 Å². The SMILES string of the molecule is CC(OC(=O)CNS(=O)(=O)c1ccc(N(C)C)c([N+](=O)[O-])c1)C(=O)NC1CCCCC1. The van der Waals surface area contributed by atoms with E-state index < -0.39 is 39.5 Å². The van der Waals surface area contributed by atoms with Crippen LogP contribution in [0.15, 0.2) is 23.1 Å². The lowest BCUT2D eigenvalue weighted by Crippen LogP contribution is -2.43. The van der Waals surface area contributed by atoms with E-state index in [0.29, 0.717) is 0 Å². The first-order chi connectivity index (χ1) is 14.5. The maximum atomic E-state index is 12.4. The van der Waals surface area contributed by atoms with E-state index in [9.17, 15) is 28.1 Å². The Labute approximate surface area is 181 Å². The Kier molecular flexibility index (Phi) is 8.34. The van der Waals surface area contributed by atoms with Crippen molar-refractivity contribution in [3.05, 3.63) is 28.3 Å². The zero-order chi connectivity index (χ0) is 23.2. The second-order valence-electron chi connectivity index (χ2n) is 7.60. The molecule has 1 aromatic rings. The number of carbonyl (C=O) groups is 2. The summed E-state index contributed by atoms with van der Waals surface area (Å²) in [5, 5.41) is 14.1. The van der Waals surface area contributed by atoms with Gasteiger partial charge in [0, 0.05) is 26.2 Å². The lowest BCUT2D eigenvalue weighted by molar-refractivity contribution is -0.384. The third kappa shape index (κ3) is 6.89. The van der Waals surface area contributed by atoms with Gasteiger partial charge in [0.15, 0.2) is 6.10 Å². The molecule has 1 aliphatic rings. The fraction of sp³-hybridized carbons (Fsp3) is 0.579. The summed E-state index contributed by atoms with van der Waals surface area (Å²) in [7, 11) is -1.02. The fourth-order valence-corrected chi connectivity index (χ4v) is 4.28. The molecule has 1 aromatic carbocycles. The van der Waals surface area contributed by atoms with E-state index >= 15 is 0 Å². The van der Waals surface area contributed by atoms with E-state index in [2.05, 4.69) is 5.32 Å². The monoisotopic (exact) mass is 456 g/mol. The first-order valence-corrected chi connectivity index (χ1v) is 11.4. The van der Waals surface area contributed by atoms with Crippen LogP contribution in [0.2, 0.25) is 0 Å². The highest BCUT2D eigenvalue weighted by atomic mass is 32.2. The number of nitro benzene ring substituents is 1. The van der Waals surface area contributed by atoms with Gasteiger partial charge in [0.25, 0.3) is 11.6 Å². The Morgan fingerprint density at radius 1 is 1.26 bits per heavy atom. The highest BCUT2D eigenvalue weighted by molar-refractivity contribution is 7.89. The molecule has 1 aliphatic carbocycles. The van der Waals surface area contributed by atoms with Crippen LogP contribution >= 0.6 is 0 Å². The number of carbonyl (C=O) groups excluding carboxylic acids is 2. The number of esters is 1. The third-order valence-corrected chi connectivity index (χ3v) is 6.37. The van der Waals surface area contributed by atoms with Crippen LogP contribution < -0.4 is 14.9 Å². The van der Waals surface area contributed by atoms with Gasteiger partial charge in [-0.05, 0) is 31.9 Å². The molecule has 12 heteroatoms. The molecule has 1 atom stereocenters. The highest BCUT2D eigenvalue weighted by Crippen LogP contribution is 2.29. The summed E-state index contributed by atoms with van der Waals surface area (Å²) in [5.41, 5.74) is -0.148. The van der Waals surface area contributed by atoms with E-state index in [1.165, 1.54) is 24.0 Å². The zero-order valence-electron chi connectivity index (χ0n) is 17.8. The molecule has 0 aliphatic heterocycles. The lowest BCUT2D eigenvalue weighted by Gasteiger charge is -2.24. The van der Waals surface area contributed by atoms with Crippen molar-refractivity contribution in [3.8, 4) is 0 Å². The van der Waals surface area contributed by atoms with Crippen molar-refractivity contribution in [2.24, 2.45) is 0 Å². The number of hydrogen-bond donors (Lipinski definition) is 2. The molecule has 0 aromatic heterocycles. The predicted molar refractivity (Wildman–Crippen MR) is 113 cm³/mol. The average molecular weight is 457 g/mol. The number of hydrogen-bond acceptors (Lipinski definition) is 8.